The van der Waals surface area contributed by atoms with Crippen molar-refractivity contribution in [1.29, 1.82) is 0 Å². The Hall–Kier alpha value is -2.09. The maximum Gasteiger partial charge on any atom is 0.417 e. The largest absolute Gasteiger partial charge is 0.417 e. The fraction of sp³-hybridized carbons (Fsp3) is 0.286. The molecule has 14 heteroatoms. The summed E-state index contributed by atoms with van der Waals surface area (Å²) in [6.07, 6.45) is -15.2. The number of allylic oxidation sites excluding steroid dienone is 1. The fourth-order valence-electron chi connectivity index (χ4n) is 2.81. The summed E-state index contributed by atoms with van der Waals surface area (Å²) in [5.41, 5.74) is -4.45. The van der Waals surface area contributed by atoms with Gasteiger partial charge in [-0.1, -0.05) is 12.1 Å². The van der Waals surface area contributed by atoms with Crippen LogP contribution in [0.1, 0.15) is 39.9 Å². The number of hydrogen-bond acceptors (Lipinski definition) is 1. The summed E-state index contributed by atoms with van der Waals surface area (Å²) in [6.45, 7) is 0.500. The fourth-order valence-corrected chi connectivity index (χ4v) is 3.45. The molecule has 0 fully saturated rings. The predicted octanol–water partition coefficient (Wildman–Crippen LogP) is 8.57. The Morgan fingerprint density at radius 1 is 0.886 bits per heavy atom. The summed E-state index contributed by atoms with van der Waals surface area (Å²) in [6, 6.07) is 1.85. The van der Waals surface area contributed by atoms with Crippen molar-refractivity contribution in [2.75, 3.05) is 0 Å². The highest BCUT2D eigenvalue weighted by molar-refractivity contribution is 9.13. The van der Waals surface area contributed by atoms with Crippen LogP contribution in [0.2, 0.25) is 0 Å². The minimum Gasteiger partial charge on any atom is -0.341 e. The maximum absolute atomic E-state index is 14.8. The molecule has 0 spiro atoms. The lowest BCUT2D eigenvalue weighted by Crippen LogP contribution is -2.43. The number of halogens is 12. The molecule has 2 aromatic carbocycles. The Kier molecular flexibility index (Phi) is 8.73. The molecule has 0 radical (unpaired) electrons. The van der Waals surface area contributed by atoms with Crippen molar-refractivity contribution in [3.63, 3.8) is 0 Å². The van der Waals surface area contributed by atoms with E-state index in [0.29, 0.717) is 23.5 Å². The van der Waals surface area contributed by atoms with Crippen molar-refractivity contribution in [1.82, 2.24) is 5.32 Å². The predicted molar refractivity (Wildman–Crippen MR) is 114 cm³/mol. The summed E-state index contributed by atoms with van der Waals surface area (Å²) in [4.78, 5) is 12.0. The van der Waals surface area contributed by atoms with Crippen LogP contribution in [-0.2, 0) is 6.18 Å². The van der Waals surface area contributed by atoms with Crippen LogP contribution in [0.25, 0.3) is 5.83 Å². The first-order valence-electron chi connectivity index (χ1n) is 9.30. The molecule has 2 nitrogen and oxygen atoms in total. The highest BCUT2D eigenvalue weighted by Gasteiger charge is 2.41. The van der Waals surface area contributed by atoms with Crippen molar-refractivity contribution < 1.29 is 48.7 Å². The van der Waals surface area contributed by atoms with Gasteiger partial charge in [0.25, 0.3) is 5.91 Å². The van der Waals surface area contributed by atoms with Crippen LogP contribution in [0, 0.1) is 0 Å². The van der Waals surface area contributed by atoms with Crippen LogP contribution in [0.3, 0.4) is 0 Å². The summed E-state index contributed by atoms with van der Waals surface area (Å²) in [5.74, 6) is -5.98. The highest BCUT2D eigenvalue weighted by atomic mass is 79.9. The molecule has 0 heterocycles. The minimum absolute atomic E-state index is 0.0595. The zero-order valence-electron chi connectivity index (χ0n) is 17.1. The third-order valence-electron chi connectivity index (χ3n) is 4.65. The van der Waals surface area contributed by atoms with E-state index in [1.54, 1.807) is 0 Å². The molecule has 0 aliphatic rings. The third-order valence-corrected chi connectivity index (χ3v) is 6.53. The number of nitrogens with one attached hydrogen (secondary N) is 1. The molecule has 2 atom stereocenters. The molecule has 2 aromatic rings. The number of alkyl halides is 9. The number of amides is 1. The molecular weight excluding hydrogens is 632 g/mol. The van der Waals surface area contributed by atoms with Crippen molar-refractivity contribution in [3.8, 4) is 0 Å². The molecule has 1 amide bonds. The van der Waals surface area contributed by atoms with Gasteiger partial charge in [0.05, 0.1) is 11.1 Å². The van der Waals surface area contributed by atoms with Gasteiger partial charge >= 0.3 is 18.5 Å². The van der Waals surface area contributed by atoms with E-state index in [0.717, 1.165) is 12.1 Å². The normalized spacial score (nSPS) is 15.1. The van der Waals surface area contributed by atoms with Gasteiger partial charge in [-0.3, -0.25) is 4.79 Å². The molecule has 0 aromatic heterocycles. The molecule has 192 valence electrons. The number of rotatable bonds is 5. The highest BCUT2D eigenvalue weighted by Crippen LogP contribution is 2.41. The van der Waals surface area contributed by atoms with Gasteiger partial charge < -0.3 is 5.32 Å². The van der Waals surface area contributed by atoms with Crippen molar-refractivity contribution in [2.24, 2.45) is 0 Å². The lowest BCUT2D eigenvalue weighted by molar-refractivity contribution is -0.149. The monoisotopic (exact) mass is 643 g/mol. The smallest absolute Gasteiger partial charge is 0.341 e. The molecule has 2 rings (SSSR count). The molecule has 0 aliphatic carbocycles. The van der Waals surface area contributed by atoms with E-state index in [-0.39, 0.29) is 16.6 Å². The second-order valence-corrected chi connectivity index (χ2v) is 8.91. The first-order valence-corrected chi connectivity index (χ1v) is 10.9. The maximum atomic E-state index is 14.8. The zero-order chi connectivity index (χ0) is 26.9. The van der Waals surface area contributed by atoms with Crippen LogP contribution in [0.15, 0.2) is 51.4 Å². The second-order valence-electron chi connectivity index (χ2n) is 7.20. The average molecular weight is 645 g/mol. The molecule has 0 saturated carbocycles. The molecular formula is C21H13Br2F10NO. The molecule has 1 N–H and O–H groups in total. The van der Waals surface area contributed by atoms with E-state index in [2.05, 4.69) is 31.9 Å². The number of carbonyl (C=O) groups excluding carboxylic acids is 1. The first-order chi connectivity index (χ1) is 15.8. The van der Waals surface area contributed by atoms with E-state index in [1.807, 2.05) is 0 Å². The van der Waals surface area contributed by atoms with Gasteiger partial charge in [0.15, 0.2) is 0 Å². The van der Waals surface area contributed by atoms with E-state index in [9.17, 15) is 48.7 Å². The van der Waals surface area contributed by atoms with Crippen molar-refractivity contribution in [2.45, 2.75) is 37.4 Å². The average Bonchev–Trinajstić information content (AvgIpc) is 2.71. The topological polar surface area (TPSA) is 29.1 Å². The van der Waals surface area contributed by atoms with Gasteiger partial charge in [0.1, 0.15) is 17.8 Å². The summed E-state index contributed by atoms with van der Waals surface area (Å²) in [7, 11) is 0. The second kappa shape index (κ2) is 10.5. The van der Waals surface area contributed by atoms with Gasteiger partial charge in [-0.25, -0.2) is 4.39 Å². The van der Waals surface area contributed by atoms with Crippen LogP contribution >= 0.6 is 31.9 Å². The van der Waals surface area contributed by atoms with Crippen LogP contribution in [0.4, 0.5) is 43.9 Å². The minimum atomic E-state index is -5.33. The van der Waals surface area contributed by atoms with E-state index >= 15 is 0 Å². The van der Waals surface area contributed by atoms with Crippen LogP contribution < -0.4 is 5.32 Å². The summed E-state index contributed by atoms with van der Waals surface area (Å²) < 4.78 is 135. The van der Waals surface area contributed by atoms with Crippen LogP contribution in [-0.4, -0.2) is 24.3 Å². The lowest BCUT2D eigenvalue weighted by atomic mass is 9.95. The Labute approximate surface area is 208 Å². The molecule has 35 heavy (non-hydrogen) atoms. The Bertz CT molecular complexity index is 1120. The lowest BCUT2D eigenvalue weighted by Gasteiger charge is -2.20. The van der Waals surface area contributed by atoms with Gasteiger partial charge in [0.2, 0.25) is 0 Å². The van der Waals surface area contributed by atoms with Gasteiger partial charge in [0, 0.05) is 14.5 Å². The van der Waals surface area contributed by atoms with E-state index < -0.39 is 64.5 Å². The number of benzene rings is 2. The summed E-state index contributed by atoms with van der Waals surface area (Å²) >= 11 is 6.08. The number of carbonyl (C=O) groups is 1. The summed E-state index contributed by atoms with van der Waals surface area (Å²) in [5, 5.41) is 1.35. The van der Waals surface area contributed by atoms with Crippen molar-refractivity contribution >= 4 is 43.6 Å². The standard InChI is InChI=1S/C21H13Br2F10NO/c1-9(19(25,26)27)34-18(35)12-4-2-11(6-14(12)21(31,32)33)17(24)8-13(20(28,29)30)10-3-5-15(22)16(23)7-10/h2-9,13H,1H3,(H,34,35)/b17-8-. The van der Waals surface area contributed by atoms with Gasteiger partial charge in [-0.15, -0.1) is 0 Å². The zero-order valence-corrected chi connectivity index (χ0v) is 20.3. The van der Waals surface area contributed by atoms with E-state index in [4.69, 9.17) is 0 Å². The Morgan fingerprint density at radius 3 is 1.97 bits per heavy atom. The molecule has 0 bridgehead atoms. The molecule has 0 saturated heterocycles. The third kappa shape index (κ3) is 7.45. The quantitative estimate of drug-likeness (QED) is 0.325. The number of hydrogen-bond donors (Lipinski definition) is 1. The first kappa shape index (κ1) is 29.1. The SMILES string of the molecule is CC(NC(=O)c1ccc(/C(F)=C/C(c2ccc(Br)c(Br)c2)C(F)(F)F)cc1C(F)(F)F)C(F)(F)F. The van der Waals surface area contributed by atoms with Crippen molar-refractivity contribution in [3.05, 3.63) is 73.7 Å². The Balaban J connectivity index is 2.54. The Morgan fingerprint density at radius 2 is 1.49 bits per heavy atom. The van der Waals surface area contributed by atoms with E-state index in [1.165, 1.54) is 11.4 Å². The van der Waals surface area contributed by atoms with Gasteiger partial charge in [-0.05, 0) is 74.7 Å². The molecule has 0 aliphatic heterocycles. The molecule has 2 unspecified atom stereocenters. The van der Waals surface area contributed by atoms with Crippen LogP contribution in [0.5, 0.6) is 0 Å². The van der Waals surface area contributed by atoms with Gasteiger partial charge in [-0.2, -0.15) is 39.5 Å².